The summed E-state index contributed by atoms with van der Waals surface area (Å²) in [4.78, 5) is -0.0453. The molecule has 174 valence electrons. The predicted molar refractivity (Wildman–Crippen MR) is 116 cm³/mol. The summed E-state index contributed by atoms with van der Waals surface area (Å²) in [6.07, 6.45) is 1.62. The molecule has 1 saturated carbocycles. The largest absolute Gasteiger partial charge is 0.490 e. The highest BCUT2D eigenvalue weighted by Crippen LogP contribution is 2.57. The monoisotopic (exact) mass is 505 g/mol. The average molecular weight is 506 g/mol. The summed E-state index contributed by atoms with van der Waals surface area (Å²) < 4.78 is 87.0. The Hall–Kier alpha value is -1.75. The summed E-state index contributed by atoms with van der Waals surface area (Å²) in [6.45, 7) is 0.000460. The van der Waals surface area contributed by atoms with Gasteiger partial charge in [0.05, 0.1) is 23.3 Å². The molecule has 2 aliphatic rings. The molecule has 0 radical (unpaired) electrons. The first-order valence-electron chi connectivity index (χ1n) is 10.0. The molecule has 32 heavy (non-hydrogen) atoms. The van der Waals surface area contributed by atoms with Crippen LogP contribution in [0.15, 0.2) is 41.3 Å². The van der Waals surface area contributed by atoms with Crippen LogP contribution in [0.5, 0.6) is 5.75 Å². The van der Waals surface area contributed by atoms with Crippen molar-refractivity contribution in [3.05, 3.63) is 58.6 Å². The molecule has 1 N–H and O–H groups in total. The minimum atomic E-state index is -4.20. The topological polar surface area (TPSA) is 89.5 Å². The Labute approximate surface area is 190 Å². The van der Waals surface area contributed by atoms with E-state index in [0.717, 1.165) is 18.4 Å². The molecule has 1 aliphatic carbocycles. The summed E-state index contributed by atoms with van der Waals surface area (Å²) in [7, 11) is -7.63. The van der Waals surface area contributed by atoms with Gasteiger partial charge >= 0.3 is 0 Å². The maximum Gasteiger partial charge on any atom is 0.208 e. The van der Waals surface area contributed by atoms with E-state index < -0.39 is 42.2 Å². The highest BCUT2D eigenvalue weighted by atomic mass is 35.5. The van der Waals surface area contributed by atoms with Gasteiger partial charge in [-0.1, -0.05) is 11.6 Å². The van der Waals surface area contributed by atoms with E-state index in [2.05, 4.69) is 4.72 Å². The van der Waals surface area contributed by atoms with Crippen molar-refractivity contribution >= 4 is 31.5 Å². The molecule has 1 fully saturated rings. The maximum atomic E-state index is 15.2. The zero-order chi connectivity index (χ0) is 23.3. The summed E-state index contributed by atoms with van der Waals surface area (Å²) in [5.41, 5.74) is -0.293. The van der Waals surface area contributed by atoms with E-state index in [4.69, 9.17) is 16.3 Å². The number of rotatable bonds is 5. The second-order valence-corrected chi connectivity index (χ2v) is 12.8. The summed E-state index contributed by atoms with van der Waals surface area (Å²) in [6, 6.07) is 7.41. The van der Waals surface area contributed by atoms with Gasteiger partial charge in [0.1, 0.15) is 10.6 Å². The lowest BCUT2D eigenvalue weighted by Gasteiger charge is -2.49. The van der Waals surface area contributed by atoms with Gasteiger partial charge in [0.2, 0.25) is 10.0 Å². The van der Waals surface area contributed by atoms with E-state index in [0.29, 0.717) is 11.4 Å². The van der Waals surface area contributed by atoms with E-state index in [-0.39, 0.29) is 48.1 Å². The van der Waals surface area contributed by atoms with Crippen LogP contribution in [0.1, 0.15) is 24.8 Å². The Morgan fingerprint density at radius 2 is 1.75 bits per heavy atom. The highest BCUT2D eigenvalue weighted by Gasteiger charge is 2.59. The summed E-state index contributed by atoms with van der Waals surface area (Å²) >= 11 is 5.92. The first-order chi connectivity index (χ1) is 15.0. The smallest absolute Gasteiger partial charge is 0.208 e. The second-order valence-electron chi connectivity index (χ2n) is 8.35. The number of sulfone groups is 1. The molecule has 0 saturated heterocycles. The highest BCUT2D eigenvalue weighted by molar-refractivity contribution is 7.92. The van der Waals surface area contributed by atoms with Crippen molar-refractivity contribution in [2.75, 3.05) is 19.4 Å². The number of ether oxygens (including phenoxy) is 1. The number of halogens is 3. The molecule has 0 amide bonds. The van der Waals surface area contributed by atoms with Gasteiger partial charge in [-0.05, 0) is 61.6 Å². The second kappa shape index (κ2) is 8.23. The molecule has 2 aromatic rings. The molecule has 0 bridgehead atoms. The molecule has 0 aromatic heterocycles. The lowest BCUT2D eigenvalue weighted by molar-refractivity contribution is 0.0992. The molecule has 1 unspecified atom stereocenters. The van der Waals surface area contributed by atoms with Gasteiger partial charge in [-0.25, -0.2) is 30.3 Å². The molecule has 1 aliphatic heterocycles. The Morgan fingerprint density at radius 1 is 1.09 bits per heavy atom. The first kappa shape index (κ1) is 23.4. The van der Waals surface area contributed by atoms with E-state index in [1.165, 1.54) is 24.3 Å². The van der Waals surface area contributed by atoms with Crippen LogP contribution in [0.4, 0.5) is 8.78 Å². The average Bonchev–Trinajstić information content (AvgIpc) is 2.73. The number of hydrogen-bond donors (Lipinski definition) is 1. The van der Waals surface area contributed by atoms with E-state index in [1.54, 1.807) is 0 Å². The number of fused-ring (bicyclic) bond motifs is 3. The summed E-state index contributed by atoms with van der Waals surface area (Å²) in [5.74, 6) is -2.94. The van der Waals surface area contributed by atoms with Crippen LogP contribution in [-0.4, -0.2) is 36.2 Å². The van der Waals surface area contributed by atoms with Gasteiger partial charge < -0.3 is 4.74 Å². The lowest BCUT2D eigenvalue weighted by atomic mass is 9.69. The fraction of sp³-hybridized carbons (Fsp3) is 0.429. The number of hydrogen-bond acceptors (Lipinski definition) is 5. The van der Waals surface area contributed by atoms with Crippen LogP contribution < -0.4 is 9.46 Å². The third-order valence-corrected chi connectivity index (χ3v) is 9.89. The number of nitrogens with one attached hydrogen (secondary N) is 1. The van der Waals surface area contributed by atoms with E-state index in [9.17, 15) is 21.2 Å². The molecular formula is C21H22ClF2NO5S2. The molecular weight excluding hydrogens is 484 g/mol. The molecule has 11 heteroatoms. The van der Waals surface area contributed by atoms with Gasteiger partial charge in [-0.15, -0.1) is 0 Å². The van der Waals surface area contributed by atoms with Crippen molar-refractivity contribution in [2.24, 2.45) is 11.8 Å². The van der Waals surface area contributed by atoms with Crippen LogP contribution >= 0.6 is 11.6 Å². The minimum Gasteiger partial charge on any atom is -0.490 e. The molecule has 2 aromatic carbocycles. The molecule has 1 heterocycles. The third-order valence-electron chi connectivity index (χ3n) is 6.35. The zero-order valence-electron chi connectivity index (χ0n) is 17.1. The van der Waals surface area contributed by atoms with Crippen molar-refractivity contribution in [1.29, 1.82) is 0 Å². The molecule has 4 rings (SSSR count). The maximum absolute atomic E-state index is 15.2. The van der Waals surface area contributed by atoms with Gasteiger partial charge in [-0.3, -0.25) is 0 Å². The van der Waals surface area contributed by atoms with E-state index in [1.807, 2.05) is 0 Å². The Bertz CT molecular complexity index is 1250. The third kappa shape index (κ3) is 3.91. The van der Waals surface area contributed by atoms with Gasteiger partial charge in [0.15, 0.2) is 21.4 Å². The fourth-order valence-corrected chi connectivity index (χ4v) is 7.91. The normalized spacial score (nSPS) is 25.5. The van der Waals surface area contributed by atoms with Crippen molar-refractivity contribution in [2.45, 2.75) is 28.9 Å². The number of sulfonamides is 1. The van der Waals surface area contributed by atoms with Crippen molar-refractivity contribution in [3.63, 3.8) is 0 Å². The van der Waals surface area contributed by atoms with Crippen molar-refractivity contribution in [3.8, 4) is 5.75 Å². The summed E-state index contributed by atoms with van der Waals surface area (Å²) in [5, 5.41) is 0.346. The molecule has 0 spiro atoms. The van der Waals surface area contributed by atoms with Crippen LogP contribution in [0.3, 0.4) is 0 Å². The van der Waals surface area contributed by atoms with Crippen LogP contribution in [0, 0.1) is 23.5 Å². The Kier molecular flexibility index (Phi) is 6.02. The zero-order valence-corrected chi connectivity index (χ0v) is 19.5. The van der Waals surface area contributed by atoms with Crippen LogP contribution in [0.25, 0.3) is 0 Å². The molecule has 3 atom stereocenters. The Morgan fingerprint density at radius 3 is 2.41 bits per heavy atom. The van der Waals surface area contributed by atoms with Gasteiger partial charge in [0, 0.05) is 17.5 Å². The van der Waals surface area contributed by atoms with E-state index >= 15 is 4.39 Å². The quantitative estimate of drug-likeness (QED) is 0.670. The van der Waals surface area contributed by atoms with Crippen molar-refractivity contribution < 1.29 is 30.4 Å². The lowest BCUT2D eigenvalue weighted by Crippen LogP contribution is -2.53. The van der Waals surface area contributed by atoms with Crippen LogP contribution in [-0.2, 0) is 24.6 Å². The van der Waals surface area contributed by atoms with Crippen LogP contribution in [0.2, 0.25) is 5.02 Å². The minimum absolute atomic E-state index is 0.00450. The first-order valence-corrected chi connectivity index (χ1v) is 13.8. The van der Waals surface area contributed by atoms with Crippen molar-refractivity contribution in [1.82, 2.24) is 4.72 Å². The molecule has 6 nitrogen and oxygen atoms in total. The SMILES string of the molecule is CS(=O)(=O)NC[C@@H]1CC[C@@]2(S(=O)(=O)c3ccc(Cl)cc3)c3c(F)ccc(F)c3OCC2C1. The predicted octanol–water partition coefficient (Wildman–Crippen LogP) is 3.65. The Balaban J connectivity index is 1.85. The standard InChI is InChI=1S/C21H22ClF2NO5S2/c1-31(26,27)25-11-13-8-9-21(32(28,29)16-4-2-15(22)3-5-16)14(10-13)12-30-20-18(24)7-6-17(23)19(20)21/h2-7,13-14,25H,8-12H2,1H3/t13-,14?,21+/m1/s1. The van der Waals surface area contributed by atoms with Gasteiger partial charge in [0.25, 0.3) is 0 Å². The number of benzene rings is 2. The van der Waals surface area contributed by atoms with Gasteiger partial charge in [-0.2, -0.15) is 0 Å². The fourth-order valence-electron chi connectivity index (χ4n) is 4.88.